The molecule has 17 heavy (non-hydrogen) atoms. The highest BCUT2D eigenvalue weighted by Gasteiger charge is 2.46. The highest BCUT2D eigenvalue weighted by molar-refractivity contribution is 7.11. The first-order valence-electron chi connectivity index (χ1n) is 5.64. The summed E-state index contributed by atoms with van der Waals surface area (Å²) in [7, 11) is 0. The standard InChI is InChI=1S/C11H17N3O2S/c1-4-16-10(15)7-8(12)14-17-9(7)13-6-5-11(6,2)3/h6,13H,4-5H2,1-3H3,(H2,12,14). The van der Waals surface area contributed by atoms with Gasteiger partial charge in [0, 0.05) is 6.04 Å². The van der Waals surface area contributed by atoms with E-state index < -0.39 is 5.97 Å². The summed E-state index contributed by atoms with van der Waals surface area (Å²) in [5.74, 6) is -0.158. The summed E-state index contributed by atoms with van der Waals surface area (Å²) in [6.07, 6.45) is 1.09. The lowest BCUT2D eigenvalue weighted by atomic mass is 10.2. The Labute approximate surface area is 105 Å². The molecular formula is C11H17N3O2S. The van der Waals surface area contributed by atoms with Crippen LogP contribution in [0.1, 0.15) is 37.6 Å². The molecule has 1 aromatic rings. The number of carbonyl (C=O) groups excluding carboxylic acids is 1. The van der Waals surface area contributed by atoms with Gasteiger partial charge in [-0.15, -0.1) is 0 Å². The van der Waals surface area contributed by atoms with Crippen molar-refractivity contribution in [2.45, 2.75) is 33.2 Å². The molecule has 1 heterocycles. The van der Waals surface area contributed by atoms with Crippen molar-refractivity contribution in [1.29, 1.82) is 0 Å². The molecule has 0 spiro atoms. The van der Waals surface area contributed by atoms with Crippen molar-refractivity contribution in [2.24, 2.45) is 5.41 Å². The van der Waals surface area contributed by atoms with Gasteiger partial charge in [0.1, 0.15) is 10.6 Å². The minimum Gasteiger partial charge on any atom is -0.462 e. The van der Waals surface area contributed by atoms with Gasteiger partial charge < -0.3 is 15.8 Å². The maximum Gasteiger partial charge on any atom is 0.344 e. The highest BCUT2D eigenvalue weighted by Crippen LogP contribution is 2.47. The first kappa shape index (κ1) is 12.2. The van der Waals surface area contributed by atoms with Gasteiger partial charge in [-0.25, -0.2) is 4.79 Å². The number of rotatable bonds is 4. The molecule has 1 saturated carbocycles. The molecule has 1 aromatic heterocycles. The number of ether oxygens (including phenoxy) is 1. The van der Waals surface area contributed by atoms with Crippen LogP contribution in [-0.4, -0.2) is 23.0 Å². The molecule has 1 atom stereocenters. The van der Waals surface area contributed by atoms with Gasteiger partial charge in [0.15, 0.2) is 5.82 Å². The van der Waals surface area contributed by atoms with Gasteiger partial charge in [0.2, 0.25) is 0 Å². The summed E-state index contributed by atoms with van der Waals surface area (Å²) in [4.78, 5) is 11.7. The zero-order valence-electron chi connectivity index (χ0n) is 10.2. The van der Waals surface area contributed by atoms with Gasteiger partial charge in [-0.2, -0.15) is 4.37 Å². The molecule has 1 aliphatic rings. The molecule has 0 aliphatic heterocycles. The fraction of sp³-hybridized carbons (Fsp3) is 0.636. The van der Waals surface area contributed by atoms with E-state index in [1.807, 2.05) is 0 Å². The Morgan fingerprint density at radius 2 is 2.35 bits per heavy atom. The fourth-order valence-corrected chi connectivity index (χ4v) is 2.43. The van der Waals surface area contributed by atoms with Crippen LogP contribution in [0.3, 0.4) is 0 Å². The maximum atomic E-state index is 11.7. The lowest BCUT2D eigenvalue weighted by Gasteiger charge is -2.07. The van der Waals surface area contributed by atoms with Gasteiger partial charge in [0.05, 0.1) is 6.61 Å². The first-order valence-corrected chi connectivity index (χ1v) is 6.42. The lowest BCUT2D eigenvalue weighted by molar-refractivity contribution is 0.0529. The lowest BCUT2D eigenvalue weighted by Crippen LogP contribution is -2.13. The molecule has 2 rings (SSSR count). The molecule has 6 heteroatoms. The number of aromatic nitrogens is 1. The van der Waals surface area contributed by atoms with Crippen molar-refractivity contribution in [3.05, 3.63) is 5.56 Å². The molecule has 0 bridgehead atoms. The molecule has 0 radical (unpaired) electrons. The molecule has 1 fully saturated rings. The van der Waals surface area contributed by atoms with Gasteiger partial charge >= 0.3 is 5.97 Å². The van der Waals surface area contributed by atoms with Crippen molar-refractivity contribution in [1.82, 2.24) is 4.37 Å². The molecule has 0 amide bonds. The highest BCUT2D eigenvalue weighted by atomic mass is 32.1. The van der Waals surface area contributed by atoms with Gasteiger partial charge in [-0.05, 0) is 30.3 Å². The van der Waals surface area contributed by atoms with Crippen molar-refractivity contribution in [2.75, 3.05) is 17.7 Å². The summed E-state index contributed by atoms with van der Waals surface area (Å²) in [5.41, 5.74) is 6.35. The summed E-state index contributed by atoms with van der Waals surface area (Å²) in [6, 6.07) is 0.385. The van der Waals surface area contributed by atoms with Crippen LogP contribution in [-0.2, 0) is 4.74 Å². The Balaban J connectivity index is 2.15. The Morgan fingerprint density at radius 1 is 1.71 bits per heavy atom. The normalized spacial score (nSPS) is 21.0. The van der Waals surface area contributed by atoms with Gasteiger partial charge in [-0.3, -0.25) is 0 Å². The topological polar surface area (TPSA) is 77.2 Å². The van der Waals surface area contributed by atoms with E-state index in [2.05, 4.69) is 23.5 Å². The van der Waals surface area contributed by atoms with E-state index >= 15 is 0 Å². The third kappa shape index (κ3) is 2.36. The minimum absolute atomic E-state index is 0.245. The van der Waals surface area contributed by atoms with Crippen molar-refractivity contribution in [3.8, 4) is 0 Å². The SMILES string of the molecule is CCOC(=O)c1c(N)nsc1NC1CC1(C)C. The summed E-state index contributed by atoms with van der Waals surface area (Å²) < 4.78 is 8.97. The molecule has 1 aliphatic carbocycles. The Hall–Kier alpha value is -1.30. The minimum atomic E-state index is -0.403. The Kier molecular flexibility index (Phi) is 2.99. The second-order valence-corrected chi connectivity index (χ2v) is 5.66. The molecule has 0 aromatic carbocycles. The average Bonchev–Trinajstić information content (AvgIpc) is 2.67. The van der Waals surface area contributed by atoms with Gasteiger partial charge in [-0.1, -0.05) is 13.8 Å². The van der Waals surface area contributed by atoms with Crippen LogP contribution in [0.2, 0.25) is 0 Å². The zero-order valence-corrected chi connectivity index (χ0v) is 11.1. The van der Waals surface area contributed by atoms with E-state index in [-0.39, 0.29) is 11.2 Å². The Bertz CT molecular complexity index is 442. The molecule has 0 saturated heterocycles. The van der Waals surface area contributed by atoms with E-state index in [9.17, 15) is 4.79 Å². The third-order valence-corrected chi connectivity index (χ3v) is 3.81. The van der Waals surface area contributed by atoms with E-state index in [4.69, 9.17) is 10.5 Å². The number of nitrogens with zero attached hydrogens (tertiary/aromatic N) is 1. The van der Waals surface area contributed by atoms with Crippen LogP contribution >= 0.6 is 11.5 Å². The molecule has 3 N–H and O–H groups in total. The van der Waals surface area contributed by atoms with Crippen LogP contribution < -0.4 is 11.1 Å². The van der Waals surface area contributed by atoms with Crippen molar-refractivity contribution < 1.29 is 9.53 Å². The first-order chi connectivity index (χ1) is 7.95. The quantitative estimate of drug-likeness (QED) is 0.806. The summed E-state index contributed by atoms with van der Waals surface area (Å²) in [5, 5.41) is 4.03. The molecular weight excluding hydrogens is 238 g/mol. The monoisotopic (exact) mass is 255 g/mol. The Morgan fingerprint density at radius 3 is 2.88 bits per heavy atom. The van der Waals surface area contributed by atoms with E-state index in [0.29, 0.717) is 18.2 Å². The number of carbonyl (C=O) groups is 1. The van der Waals surface area contributed by atoms with Crippen LogP contribution in [0.25, 0.3) is 0 Å². The van der Waals surface area contributed by atoms with E-state index in [1.165, 1.54) is 11.5 Å². The smallest absolute Gasteiger partial charge is 0.344 e. The average molecular weight is 255 g/mol. The number of hydrogen-bond donors (Lipinski definition) is 2. The second kappa shape index (κ2) is 4.18. The van der Waals surface area contributed by atoms with Crippen molar-refractivity contribution in [3.63, 3.8) is 0 Å². The fourth-order valence-electron chi connectivity index (χ4n) is 1.67. The van der Waals surface area contributed by atoms with Crippen LogP contribution in [0.4, 0.5) is 10.8 Å². The van der Waals surface area contributed by atoms with Crippen molar-refractivity contribution >= 4 is 28.3 Å². The van der Waals surface area contributed by atoms with E-state index in [1.54, 1.807) is 6.92 Å². The number of nitrogens with one attached hydrogen (secondary N) is 1. The number of anilines is 2. The molecule has 94 valence electrons. The second-order valence-electron chi connectivity index (χ2n) is 4.88. The predicted octanol–water partition coefficient (Wildman–Crippen LogP) is 2.11. The number of nitrogens with two attached hydrogens (primary N) is 1. The third-order valence-electron chi connectivity index (χ3n) is 3.02. The van der Waals surface area contributed by atoms with Crippen LogP contribution in [0.15, 0.2) is 0 Å². The predicted molar refractivity (Wildman–Crippen MR) is 68.3 cm³/mol. The molecule has 5 nitrogen and oxygen atoms in total. The maximum absolute atomic E-state index is 11.7. The van der Waals surface area contributed by atoms with Crippen LogP contribution in [0.5, 0.6) is 0 Å². The number of esters is 1. The zero-order chi connectivity index (χ0) is 12.6. The van der Waals surface area contributed by atoms with E-state index in [0.717, 1.165) is 11.4 Å². The number of nitrogen functional groups attached to an aromatic ring is 1. The molecule has 1 unspecified atom stereocenters. The largest absolute Gasteiger partial charge is 0.462 e. The summed E-state index contributed by atoms with van der Waals surface area (Å²) in [6.45, 7) is 6.46. The van der Waals surface area contributed by atoms with Gasteiger partial charge in [0.25, 0.3) is 0 Å². The summed E-state index contributed by atoms with van der Waals surface area (Å²) >= 11 is 1.21. The van der Waals surface area contributed by atoms with Crippen LogP contribution in [0, 0.1) is 5.41 Å². The number of hydrogen-bond acceptors (Lipinski definition) is 6.